The zero-order valence-electron chi connectivity index (χ0n) is 5.96. The highest BCUT2D eigenvalue weighted by atomic mass is 79.9. The summed E-state index contributed by atoms with van der Waals surface area (Å²) in [6, 6.07) is 2.08. The number of hydrogen-bond acceptors (Lipinski definition) is 2. The van der Waals surface area contributed by atoms with Crippen molar-refractivity contribution in [3.63, 3.8) is 0 Å². The van der Waals surface area contributed by atoms with Crippen LogP contribution >= 0.6 is 27.3 Å². The summed E-state index contributed by atoms with van der Waals surface area (Å²) in [6.07, 6.45) is 1.16. The molecular formula is C8H9BrOS. The molecule has 0 radical (unpaired) electrons. The van der Waals surface area contributed by atoms with Gasteiger partial charge in [-0.1, -0.05) is 0 Å². The van der Waals surface area contributed by atoms with Crippen LogP contribution in [-0.2, 0) is 0 Å². The molecule has 2 atom stereocenters. The molecule has 11 heavy (non-hydrogen) atoms. The van der Waals surface area contributed by atoms with E-state index in [2.05, 4.69) is 27.4 Å². The maximum Gasteiger partial charge on any atom is 0.0465 e. The number of thiophene rings is 1. The van der Waals surface area contributed by atoms with E-state index in [1.807, 2.05) is 0 Å². The zero-order chi connectivity index (χ0) is 7.84. The van der Waals surface area contributed by atoms with Crippen LogP contribution in [0.2, 0.25) is 0 Å². The first-order chi connectivity index (χ1) is 5.33. The predicted molar refractivity (Wildman–Crippen MR) is 50.0 cm³/mol. The molecule has 0 saturated heterocycles. The van der Waals surface area contributed by atoms with E-state index in [4.69, 9.17) is 5.11 Å². The minimum absolute atomic E-state index is 0.342. The fourth-order valence-corrected chi connectivity index (χ4v) is 3.22. The minimum atomic E-state index is 0.342. The van der Waals surface area contributed by atoms with Crippen molar-refractivity contribution >= 4 is 27.3 Å². The number of hydrogen-bond donors (Lipinski definition) is 1. The second kappa shape index (κ2) is 2.88. The van der Waals surface area contributed by atoms with E-state index in [1.165, 1.54) is 9.35 Å². The molecule has 60 valence electrons. The van der Waals surface area contributed by atoms with Crippen LogP contribution in [0.25, 0.3) is 0 Å². The molecule has 1 aromatic heterocycles. The highest BCUT2D eigenvalue weighted by molar-refractivity contribution is 9.10. The third kappa shape index (κ3) is 1.37. The molecule has 0 aliphatic heterocycles. The second-order valence-electron chi connectivity index (χ2n) is 2.92. The van der Waals surface area contributed by atoms with Gasteiger partial charge in [0.25, 0.3) is 0 Å². The Hall–Kier alpha value is 0.140. The first-order valence-corrected chi connectivity index (χ1v) is 5.34. The van der Waals surface area contributed by atoms with Crippen LogP contribution in [0.5, 0.6) is 0 Å². The van der Waals surface area contributed by atoms with E-state index >= 15 is 0 Å². The largest absolute Gasteiger partial charge is 0.396 e. The van der Waals surface area contributed by atoms with Crippen molar-refractivity contribution in [1.82, 2.24) is 0 Å². The fourth-order valence-electron chi connectivity index (χ4n) is 1.34. The predicted octanol–water partition coefficient (Wildman–Crippen LogP) is 2.61. The van der Waals surface area contributed by atoms with Gasteiger partial charge >= 0.3 is 0 Å². The van der Waals surface area contributed by atoms with Crippen molar-refractivity contribution < 1.29 is 5.11 Å². The topological polar surface area (TPSA) is 20.2 Å². The monoisotopic (exact) mass is 232 g/mol. The quantitative estimate of drug-likeness (QED) is 0.832. The third-order valence-corrected chi connectivity index (χ3v) is 4.14. The number of aliphatic hydroxyl groups excluding tert-OH is 1. The highest BCUT2D eigenvalue weighted by Crippen LogP contribution is 2.51. The first-order valence-electron chi connectivity index (χ1n) is 3.66. The summed E-state index contributed by atoms with van der Waals surface area (Å²) < 4.78 is 1.21. The Morgan fingerprint density at radius 1 is 1.73 bits per heavy atom. The SMILES string of the molecule is OCC1CC1c1sccc1Br. The molecule has 0 bridgehead atoms. The molecule has 2 rings (SSSR count). The van der Waals surface area contributed by atoms with Crippen LogP contribution in [0.1, 0.15) is 17.2 Å². The molecular weight excluding hydrogens is 224 g/mol. The first kappa shape index (κ1) is 7.77. The van der Waals surface area contributed by atoms with Gasteiger partial charge in [0.2, 0.25) is 0 Å². The lowest BCUT2D eigenvalue weighted by molar-refractivity contribution is 0.274. The number of aliphatic hydroxyl groups is 1. The van der Waals surface area contributed by atoms with E-state index in [1.54, 1.807) is 11.3 Å². The number of halogens is 1. The van der Waals surface area contributed by atoms with E-state index < -0.39 is 0 Å². The lowest BCUT2D eigenvalue weighted by atomic mass is 10.3. The van der Waals surface area contributed by atoms with Gasteiger partial charge in [-0.05, 0) is 45.6 Å². The van der Waals surface area contributed by atoms with Crippen molar-refractivity contribution in [3.05, 3.63) is 20.8 Å². The van der Waals surface area contributed by atoms with E-state index in [0.29, 0.717) is 18.4 Å². The van der Waals surface area contributed by atoms with Crippen molar-refractivity contribution in [2.75, 3.05) is 6.61 Å². The summed E-state index contributed by atoms with van der Waals surface area (Å²) in [5.41, 5.74) is 0. The smallest absolute Gasteiger partial charge is 0.0465 e. The Labute approximate surface area is 78.2 Å². The number of rotatable bonds is 2. The molecule has 1 nitrogen and oxygen atoms in total. The Morgan fingerprint density at radius 3 is 3.00 bits per heavy atom. The average molecular weight is 233 g/mol. The van der Waals surface area contributed by atoms with Crippen LogP contribution in [0.4, 0.5) is 0 Å². The molecule has 1 fully saturated rings. The highest BCUT2D eigenvalue weighted by Gasteiger charge is 2.39. The summed E-state index contributed by atoms with van der Waals surface area (Å²) in [7, 11) is 0. The summed E-state index contributed by atoms with van der Waals surface area (Å²) in [5, 5.41) is 10.9. The second-order valence-corrected chi connectivity index (χ2v) is 4.72. The molecule has 1 aliphatic carbocycles. The molecule has 1 heterocycles. The fraction of sp³-hybridized carbons (Fsp3) is 0.500. The van der Waals surface area contributed by atoms with Crippen LogP contribution in [0.15, 0.2) is 15.9 Å². The molecule has 1 saturated carbocycles. The van der Waals surface area contributed by atoms with Crippen molar-refractivity contribution in [2.24, 2.45) is 5.92 Å². The van der Waals surface area contributed by atoms with E-state index in [-0.39, 0.29) is 0 Å². The van der Waals surface area contributed by atoms with Crippen LogP contribution in [0, 0.1) is 5.92 Å². The lowest BCUT2D eigenvalue weighted by Gasteiger charge is -1.93. The molecule has 0 amide bonds. The van der Waals surface area contributed by atoms with Gasteiger partial charge < -0.3 is 5.11 Å². The van der Waals surface area contributed by atoms with Crippen LogP contribution < -0.4 is 0 Å². The van der Waals surface area contributed by atoms with Gasteiger partial charge in [-0.25, -0.2) is 0 Å². The maximum absolute atomic E-state index is 8.86. The summed E-state index contributed by atoms with van der Waals surface area (Å²) >= 11 is 5.27. The Kier molecular flexibility index (Phi) is 2.04. The van der Waals surface area contributed by atoms with Gasteiger partial charge in [-0.15, -0.1) is 11.3 Å². The van der Waals surface area contributed by atoms with Gasteiger partial charge in [0.05, 0.1) is 0 Å². The zero-order valence-corrected chi connectivity index (χ0v) is 8.36. The van der Waals surface area contributed by atoms with Gasteiger partial charge in [0.15, 0.2) is 0 Å². The van der Waals surface area contributed by atoms with Crippen molar-refractivity contribution in [2.45, 2.75) is 12.3 Å². The van der Waals surface area contributed by atoms with Gasteiger partial charge in [0.1, 0.15) is 0 Å². The van der Waals surface area contributed by atoms with Gasteiger partial charge in [0, 0.05) is 16.0 Å². The normalized spacial score (nSPS) is 28.9. The molecule has 1 N–H and O–H groups in total. The molecule has 3 heteroatoms. The van der Waals surface area contributed by atoms with Crippen LogP contribution in [0.3, 0.4) is 0 Å². The molecule has 2 unspecified atom stereocenters. The van der Waals surface area contributed by atoms with Crippen LogP contribution in [-0.4, -0.2) is 11.7 Å². The van der Waals surface area contributed by atoms with Gasteiger partial charge in [-0.2, -0.15) is 0 Å². The molecule has 1 aromatic rings. The standard InChI is InChI=1S/C8H9BrOS/c9-7-1-2-11-8(7)6-3-5(6)4-10/h1-2,5-6,10H,3-4H2. The summed E-state index contributed by atoms with van der Waals surface area (Å²) in [6.45, 7) is 0.342. The van der Waals surface area contributed by atoms with Crippen molar-refractivity contribution in [3.8, 4) is 0 Å². The molecule has 0 spiro atoms. The summed E-state index contributed by atoms with van der Waals surface area (Å²) in [4.78, 5) is 1.41. The Bertz CT molecular complexity index is 258. The third-order valence-electron chi connectivity index (χ3n) is 2.14. The maximum atomic E-state index is 8.86. The van der Waals surface area contributed by atoms with E-state index in [0.717, 1.165) is 6.42 Å². The molecule has 1 aliphatic rings. The summed E-state index contributed by atoms with van der Waals surface area (Å²) in [5.74, 6) is 1.17. The van der Waals surface area contributed by atoms with Crippen molar-refractivity contribution in [1.29, 1.82) is 0 Å². The minimum Gasteiger partial charge on any atom is -0.396 e. The Morgan fingerprint density at radius 2 is 2.55 bits per heavy atom. The average Bonchev–Trinajstić information content (AvgIpc) is 2.68. The molecule has 0 aromatic carbocycles. The lowest BCUT2D eigenvalue weighted by Crippen LogP contribution is -1.86. The van der Waals surface area contributed by atoms with E-state index in [9.17, 15) is 0 Å². The Balaban J connectivity index is 2.14. The van der Waals surface area contributed by atoms with Gasteiger partial charge in [-0.3, -0.25) is 0 Å².